The van der Waals surface area contributed by atoms with Gasteiger partial charge in [-0.3, -0.25) is 14.7 Å². The van der Waals surface area contributed by atoms with E-state index >= 15 is 0 Å². The Balaban J connectivity index is 1.84. The van der Waals surface area contributed by atoms with Gasteiger partial charge in [0.15, 0.2) is 4.77 Å². The number of H-pyrrole nitrogens is 2. The zero-order valence-corrected chi connectivity index (χ0v) is 13.7. The average Bonchev–Trinajstić information content (AvgIpc) is 2.49. The SMILES string of the molecule is COc1cccc(CN2CCc3c([nH]c(=S)[nH]c3=O)C2)c1Cl. The van der Waals surface area contributed by atoms with Crippen molar-refractivity contribution >= 4 is 23.8 Å². The largest absolute Gasteiger partial charge is 0.495 e. The summed E-state index contributed by atoms with van der Waals surface area (Å²) in [6.45, 7) is 2.15. The molecule has 22 heavy (non-hydrogen) atoms. The highest BCUT2D eigenvalue weighted by molar-refractivity contribution is 7.71. The molecule has 2 heterocycles. The zero-order chi connectivity index (χ0) is 15.7. The van der Waals surface area contributed by atoms with Crippen molar-refractivity contribution in [2.75, 3.05) is 13.7 Å². The van der Waals surface area contributed by atoms with E-state index in [2.05, 4.69) is 14.9 Å². The van der Waals surface area contributed by atoms with Crippen molar-refractivity contribution in [3.8, 4) is 5.75 Å². The Kier molecular flexibility index (Phi) is 4.33. The molecule has 0 fully saturated rings. The van der Waals surface area contributed by atoms with Gasteiger partial charge in [-0.15, -0.1) is 0 Å². The lowest BCUT2D eigenvalue weighted by molar-refractivity contribution is 0.240. The van der Waals surface area contributed by atoms with E-state index < -0.39 is 0 Å². The fourth-order valence-electron chi connectivity index (χ4n) is 2.74. The van der Waals surface area contributed by atoms with Gasteiger partial charge in [0.05, 0.1) is 12.1 Å². The Morgan fingerprint density at radius 1 is 1.41 bits per heavy atom. The van der Waals surface area contributed by atoms with Crippen molar-refractivity contribution in [3.05, 3.63) is 55.2 Å². The van der Waals surface area contributed by atoms with E-state index in [-0.39, 0.29) is 5.56 Å². The van der Waals surface area contributed by atoms with E-state index in [0.717, 1.165) is 23.4 Å². The van der Waals surface area contributed by atoms with Gasteiger partial charge in [-0.1, -0.05) is 23.7 Å². The van der Waals surface area contributed by atoms with Crippen LogP contribution in [0.5, 0.6) is 5.75 Å². The van der Waals surface area contributed by atoms with Crippen molar-refractivity contribution in [1.29, 1.82) is 0 Å². The maximum Gasteiger partial charge on any atom is 0.255 e. The van der Waals surface area contributed by atoms with Crippen molar-refractivity contribution in [2.45, 2.75) is 19.5 Å². The highest BCUT2D eigenvalue weighted by atomic mass is 35.5. The number of aromatic amines is 2. The number of halogens is 1. The van der Waals surface area contributed by atoms with E-state index in [0.29, 0.717) is 35.1 Å². The van der Waals surface area contributed by atoms with E-state index in [9.17, 15) is 4.79 Å². The minimum atomic E-state index is -0.0854. The smallest absolute Gasteiger partial charge is 0.255 e. The fourth-order valence-corrected chi connectivity index (χ4v) is 3.22. The second-order valence-corrected chi connectivity index (χ2v) is 6.05. The van der Waals surface area contributed by atoms with Crippen LogP contribution < -0.4 is 10.3 Å². The van der Waals surface area contributed by atoms with Gasteiger partial charge in [-0.25, -0.2) is 0 Å². The Bertz CT molecular complexity index is 815. The maximum atomic E-state index is 11.9. The third-order valence-corrected chi connectivity index (χ3v) is 4.48. The third-order valence-electron chi connectivity index (χ3n) is 3.85. The summed E-state index contributed by atoms with van der Waals surface area (Å²) in [7, 11) is 1.61. The van der Waals surface area contributed by atoms with Gasteiger partial charge in [0.25, 0.3) is 5.56 Å². The lowest BCUT2D eigenvalue weighted by Gasteiger charge is -2.28. The van der Waals surface area contributed by atoms with Crippen molar-refractivity contribution in [2.24, 2.45) is 0 Å². The summed E-state index contributed by atoms with van der Waals surface area (Å²) in [4.78, 5) is 19.8. The Labute approximate surface area is 137 Å². The summed E-state index contributed by atoms with van der Waals surface area (Å²) in [6.07, 6.45) is 0.693. The van der Waals surface area contributed by atoms with Gasteiger partial charge < -0.3 is 9.72 Å². The molecule has 1 aromatic carbocycles. The Morgan fingerprint density at radius 3 is 3.00 bits per heavy atom. The number of aromatic nitrogens is 2. The number of nitrogens with zero attached hydrogens (tertiary/aromatic N) is 1. The maximum absolute atomic E-state index is 11.9. The monoisotopic (exact) mass is 337 g/mol. The molecule has 0 amide bonds. The van der Waals surface area contributed by atoms with E-state index in [1.165, 1.54) is 0 Å². The predicted molar refractivity (Wildman–Crippen MR) is 88.1 cm³/mol. The first-order valence-electron chi connectivity index (χ1n) is 6.96. The number of rotatable bonds is 3. The molecule has 7 heteroatoms. The Morgan fingerprint density at radius 2 is 2.23 bits per heavy atom. The number of ether oxygens (including phenoxy) is 1. The van der Waals surface area contributed by atoms with E-state index in [1.54, 1.807) is 7.11 Å². The predicted octanol–water partition coefficient (Wildman–Crippen LogP) is 2.65. The van der Waals surface area contributed by atoms with Crippen LogP contribution >= 0.6 is 23.8 Å². The summed E-state index contributed by atoms with van der Waals surface area (Å²) in [6, 6.07) is 5.75. The molecule has 116 valence electrons. The topological polar surface area (TPSA) is 61.1 Å². The van der Waals surface area contributed by atoms with E-state index in [4.69, 9.17) is 28.6 Å². The summed E-state index contributed by atoms with van der Waals surface area (Å²) in [5.74, 6) is 0.674. The first-order chi connectivity index (χ1) is 10.6. The number of hydrogen-bond donors (Lipinski definition) is 2. The molecule has 1 aliphatic rings. The molecule has 0 spiro atoms. The molecule has 0 saturated carbocycles. The summed E-state index contributed by atoms with van der Waals surface area (Å²) < 4.78 is 5.61. The number of benzene rings is 1. The first-order valence-corrected chi connectivity index (χ1v) is 7.75. The summed E-state index contributed by atoms with van der Waals surface area (Å²) in [5.41, 5.74) is 2.60. The average molecular weight is 338 g/mol. The molecule has 0 saturated heterocycles. The molecule has 2 N–H and O–H groups in total. The zero-order valence-electron chi connectivity index (χ0n) is 12.1. The van der Waals surface area contributed by atoms with Crippen LogP contribution in [0, 0.1) is 4.77 Å². The summed E-state index contributed by atoms with van der Waals surface area (Å²) >= 11 is 11.4. The quantitative estimate of drug-likeness (QED) is 0.845. The van der Waals surface area contributed by atoms with Crippen LogP contribution in [0.15, 0.2) is 23.0 Å². The molecule has 1 aliphatic heterocycles. The molecule has 0 radical (unpaired) electrons. The van der Waals surface area contributed by atoms with Gasteiger partial charge in [0.1, 0.15) is 5.75 Å². The van der Waals surface area contributed by atoms with Crippen LogP contribution in [0.4, 0.5) is 0 Å². The number of nitrogens with one attached hydrogen (secondary N) is 2. The first kappa shape index (κ1) is 15.3. The van der Waals surface area contributed by atoms with E-state index in [1.807, 2.05) is 18.2 Å². The van der Waals surface area contributed by atoms with Crippen LogP contribution in [0.3, 0.4) is 0 Å². The lowest BCUT2D eigenvalue weighted by Crippen LogP contribution is -2.34. The number of hydrogen-bond acceptors (Lipinski definition) is 4. The van der Waals surface area contributed by atoms with Crippen LogP contribution in [0.2, 0.25) is 5.02 Å². The second-order valence-electron chi connectivity index (χ2n) is 5.26. The number of fused-ring (bicyclic) bond motifs is 1. The van der Waals surface area contributed by atoms with Gasteiger partial charge in [0.2, 0.25) is 0 Å². The summed E-state index contributed by atoms with van der Waals surface area (Å²) in [5, 5.41) is 0.634. The van der Waals surface area contributed by atoms with Gasteiger partial charge in [0, 0.05) is 30.9 Å². The normalized spacial score (nSPS) is 14.6. The highest BCUT2D eigenvalue weighted by Crippen LogP contribution is 2.29. The molecule has 0 aliphatic carbocycles. The second kappa shape index (κ2) is 6.24. The van der Waals surface area contributed by atoms with Gasteiger partial charge in [-0.2, -0.15) is 0 Å². The lowest BCUT2D eigenvalue weighted by atomic mass is 10.1. The highest BCUT2D eigenvalue weighted by Gasteiger charge is 2.20. The molecular weight excluding hydrogens is 322 g/mol. The van der Waals surface area contributed by atoms with Gasteiger partial charge >= 0.3 is 0 Å². The van der Waals surface area contributed by atoms with Crippen LogP contribution in [-0.4, -0.2) is 28.5 Å². The Hall–Kier alpha value is -1.63. The molecule has 0 atom stereocenters. The van der Waals surface area contributed by atoms with Crippen LogP contribution in [0.25, 0.3) is 0 Å². The molecule has 5 nitrogen and oxygen atoms in total. The van der Waals surface area contributed by atoms with Crippen molar-refractivity contribution in [1.82, 2.24) is 14.9 Å². The van der Waals surface area contributed by atoms with Crippen LogP contribution in [-0.2, 0) is 19.5 Å². The fraction of sp³-hybridized carbons (Fsp3) is 0.333. The molecule has 0 unspecified atom stereocenters. The minimum absolute atomic E-state index is 0.0854. The minimum Gasteiger partial charge on any atom is -0.495 e. The molecule has 2 aromatic rings. The standard InChI is InChI=1S/C15H16ClN3O2S/c1-21-12-4-2-3-9(13(12)16)7-19-6-5-10-11(8-19)17-15(22)18-14(10)20/h2-4H,5-8H2,1H3,(H2,17,18,20,22). The van der Waals surface area contributed by atoms with Gasteiger partial charge in [-0.05, 0) is 30.3 Å². The van der Waals surface area contributed by atoms with Crippen LogP contribution in [0.1, 0.15) is 16.8 Å². The third kappa shape index (κ3) is 2.95. The molecule has 3 rings (SSSR count). The van der Waals surface area contributed by atoms with Crippen molar-refractivity contribution in [3.63, 3.8) is 0 Å². The number of methoxy groups -OCH3 is 1. The molecule has 1 aromatic heterocycles. The molecule has 0 bridgehead atoms. The van der Waals surface area contributed by atoms with Crippen molar-refractivity contribution < 1.29 is 4.74 Å². The molecular formula is C15H16ClN3O2S.